The Balaban J connectivity index is 2.61. The monoisotopic (exact) mass is 344 g/mol. The van der Waals surface area contributed by atoms with Crippen molar-refractivity contribution in [3.05, 3.63) is 28.7 Å². The summed E-state index contributed by atoms with van der Waals surface area (Å²) in [6, 6.07) is 8.76. The molecule has 1 aromatic rings. The van der Waals surface area contributed by atoms with Gasteiger partial charge in [0.05, 0.1) is 22.6 Å². The molecular weight excluding hydrogens is 328 g/mol. The van der Waals surface area contributed by atoms with E-state index in [0.717, 1.165) is 4.47 Å². The highest BCUT2D eigenvalue weighted by Gasteiger charge is 2.15. The summed E-state index contributed by atoms with van der Waals surface area (Å²) in [4.78, 5) is 2.20. The molecule has 0 unspecified atom stereocenters. The minimum atomic E-state index is -3.26. The molecule has 0 aliphatic heterocycles. The predicted octanol–water partition coefficient (Wildman–Crippen LogP) is 2.31. The third-order valence-electron chi connectivity index (χ3n) is 2.72. The lowest BCUT2D eigenvalue weighted by Crippen LogP contribution is -2.29. The van der Waals surface area contributed by atoms with Crippen molar-refractivity contribution in [1.82, 2.24) is 4.90 Å². The summed E-state index contributed by atoms with van der Waals surface area (Å²) < 4.78 is 25.0. The van der Waals surface area contributed by atoms with Crippen LogP contribution in [0.3, 0.4) is 0 Å². The second-order valence-corrected chi connectivity index (χ2v) is 7.59. The lowest BCUT2D eigenvalue weighted by Gasteiger charge is -2.17. The van der Waals surface area contributed by atoms with E-state index in [-0.39, 0.29) is 11.7 Å². The minimum Gasteiger partial charge on any atom is -0.304 e. The molecule has 6 heteroatoms. The Morgan fingerprint density at radius 1 is 1.37 bits per heavy atom. The quantitative estimate of drug-likeness (QED) is 0.794. The van der Waals surface area contributed by atoms with Gasteiger partial charge >= 0.3 is 0 Å². The van der Waals surface area contributed by atoms with E-state index in [1.807, 2.05) is 18.9 Å². The Morgan fingerprint density at radius 2 is 1.95 bits per heavy atom. The summed E-state index contributed by atoms with van der Waals surface area (Å²) >= 11 is 3.28. The van der Waals surface area contributed by atoms with E-state index in [2.05, 4.69) is 22.0 Å². The van der Waals surface area contributed by atoms with E-state index in [0.29, 0.717) is 18.0 Å². The standard InChI is InChI=1S/C13H17BrN2O2S/c1-11(9-15)10-16(2)7-8-19(17,18)13-5-3-12(14)4-6-13/h3-6,11H,7-8,10H2,1-2H3/t11-/m1/s1. The molecule has 0 saturated heterocycles. The molecule has 19 heavy (non-hydrogen) atoms. The van der Waals surface area contributed by atoms with Gasteiger partial charge in [0.2, 0.25) is 0 Å². The number of sulfone groups is 1. The second kappa shape index (κ2) is 7.04. The van der Waals surface area contributed by atoms with Crippen molar-refractivity contribution in [2.45, 2.75) is 11.8 Å². The first-order valence-electron chi connectivity index (χ1n) is 5.91. The highest BCUT2D eigenvalue weighted by atomic mass is 79.9. The highest BCUT2D eigenvalue weighted by Crippen LogP contribution is 2.16. The summed E-state index contributed by atoms with van der Waals surface area (Å²) in [5.41, 5.74) is 0. The number of rotatable bonds is 6. The van der Waals surface area contributed by atoms with Gasteiger partial charge in [0, 0.05) is 17.6 Å². The topological polar surface area (TPSA) is 61.2 Å². The Morgan fingerprint density at radius 3 is 2.47 bits per heavy atom. The Hall–Kier alpha value is -0.900. The number of nitrogens with zero attached hydrogens (tertiary/aromatic N) is 2. The largest absolute Gasteiger partial charge is 0.304 e. The lowest BCUT2D eigenvalue weighted by molar-refractivity contribution is 0.327. The maximum atomic E-state index is 12.1. The summed E-state index contributed by atoms with van der Waals surface area (Å²) in [7, 11) is -1.44. The predicted molar refractivity (Wildman–Crippen MR) is 78.5 cm³/mol. The molecule has 4 nitrogen and oxygen atoms in total. The van der Waals surface area contributed by atoms with Crippen LogP contribution >= 0.6 is 15.9 Å². The van der Waals surface area contributed by atoms with Crippen LogP contribution in [0.1, 0.15) is 6.92 Å². The van der Waals surface area contributed by atoms with Gasteiger partial charge in [-0.15, -0.1) is 0 Å². The van der Waals surface area contributed by atoms with Crippen molar-refractivity contribution < 1.29 is 8.42 Å². The molecule has 0 amide bonds. The molecule has 0 aromatic heterocycles. The fraction of sp³-hybridized carbons (Fsp3) is 0.462. The zero-order valence-corrected chi connectivity index (χ0v) is 13.4. The van der Waals surface area contributed by atoms with Crippen LogP contribution in [0.2, 0.25) is 0 Å². The van der Waals surface area contributed by atoms with Gasteiger partial charge in [-0.05, 0) is 38.2 Å². The van der Waals surface area contributed by atoms with Gasteiger partial charge in [-0.1, -0.05) is 15.9 Å². The number of benzene rings is 1. The van der Waals surface area contributed by atoms with Crippen LogP contribution in [-0.2, 0) is 9.84 Å². The molecule has 104 valence electrons. The van der Waals surface area contributed by atoms with Crippen molar-refractivity contribution in [2.24, 2.45) is 5.92 Å². The summed E-state index contributed by atoms with van der Waals surface area (Å²) in [6.07, 6.45) is 0. The molecule has 0 fully saturated rings. The van der Waals surface area contributed by atoms with Crippen LogP contribution in [0, 0.1) is 17.2 Å². The molecule has 0 aliphatic carbocycles. The smallest absolute Gasteiger partial charge is 0.179 e. The SMILES string of the molecule is C[C@H](C#N)CN(C)CCS(=O)(=O)c1ccc(Br)cc1. The maximum absolute atomic E-state index is 12.1. The lowest BCUT2D eigenvalue weighted by atomic mass is 10.2. The summed E-state index contributed by atoms with van der Waals surface area (Å²) in [6.45, 7) is 2.82. The summed E-state index contributed by atoms with van der Waals surface area (Å²) in [5, 5.41) is 8.72. The molecule has 1 rings (SSSR count). The first-order chi connectivity index (χ1) is 8.85. The maximum Gasteiger partial charge on any atom is 0.179 e. The Bertz CT molecular complexity index is 549. The minimum absolute atomic E-state index is 0.0588. The van der Waals surface area contributed by atoms with Gasteiger partial charge < -0.3 is 4.90 Å². The van der Waals surface area contributed by atoms with Gasteiger partial charge in [-0.3, -0.25) is 0 Å². The van der Waals surface area contributed by atoms with Crippen LogP contribution in [0.4, 0.5) is 0 Å². The van der Waals surface area contributed by atoms with Gasteiger partial charge in [0.15, 0.2) is 9.84 Å². The Kier molecular flexibility index (Phi) is 5.98. The zero-order valence-electron chi connectivity index (χ0n) is 11.0. The fourth-order valence-corrected chi connectivity index (χ4v) is 3.24. The number of hydrogen-bond donors (Lipinski definition) is 0. The van der Waals surface area contributed by atoms with Crippen LogP contribution in [0.5, 0.6) is 0 Å². The first kappa shape index (κ1) is 16.2. The molecule has 0 radical (unpaired) electrons. The average Bonchev–Trinajstić information content (AvgIpc) is 2.37. The fourth-order valence-electron chi connectivity index (χ4n) is 1.64. The van der Waals surface area contributed by atoms with Crippen molar-refractivity contribution >= 4 is 25.8 Å². The molecule has 0 bridgehead atoms. The number of hydrogen-bond acceptors (Lipinski definition) is 4. The van der Waals surface area contributed by atoms with Crippen LogP contribution in [0.15, 0.2) is 33.6 Å². The van der Waals surface area contributed by atoms with Crippen molar-refractivity contribution in [1.29, 1.82) is 5.26 Å². The first-order valence-corrected chi connectivity index (χ1v) is 8.36. The van der Waals surface area contributed by atoms with Gasteiger partial charge in [-0.25, -0.2) is 8.42 Å². The molecule has 0 aliphatic rings. The zero-order chi connectivity index (χ0) is 14.5. The van der Waals surface area contributed by atoms with E-state index < -0.39 is 9.84 Å². The van der Waals surface area contributed by atoms with Crippen LogP contribution in [0.25, 0.3) is 0 Å². The Labute approximate surface area is 123 Å². The third-order valence-corrected chi connectivity index (χ3v) is 4.96. The third kappa shape index (κ3) is 5.31. The average molecular weight is 345 g/mol. The highest BCUT2D eigenvalue weighted by molar-refractivity contribution is 9.10. The van der Waals surface area contributed by atoms with Crippen LogP contribution in [-0.4, -0.2) is 39.2 Å². The molecule has 0 N–H and O–H groups in total. The molecule has 0 spiro atoms. The van der Waals surface area contributed by atoms with E-state index in [1.54, 1.807) is 24.3 Å². The summed E-state index contributed by atoms with van der Waals surface area (Å²) in [5.74, 6) is -0.0381. The van der Waals surface area contributed by atoms with Crippen molar-refractivity contribution in [3.63, 3.8) is 0 Å². The van der Waals surface area contributed by atoms with Crippen molar-refractivity contribution in [2.75, 3.05) is 25.9 Å². The van der Waals surface area contributed by atoms with Gasteiger partial charge in [0.1, 0.15) is 0 Å². The normalized spacial score (nSPS) is 13.2. The number of nitriles is 1. The number of halogens is 1. The van der Waals surface area contributed by atoms with Gasteiger partial charge in [0.25, 0.3) is 0 Å². The van der Waals surface area contributed by atoms with E-state index in [1.165, 1.54) is 0 Å². The second-order valence-electron chi connectivity index (χ2n) is 4.57. The molecule has 0 saturated carbocycles. The molecular formula is C13H17BrN2O2S. The molecule has 1 aromatic carbocycles. The van der Waals surface area contributed by atoms with E-state index in [9.17, 15) is 8.42 Å². The van der Waals surface area contributed by atoms with Gasteiger partial charge in [-0.2, -0.15) is 5.26 Å². The molecule has 1 atom stereocenters. The van der Waals surface area contributed by atoms with E-state index in [4.69, 9.17) is 5.26 Å². The van der Waals surface area contributed by atoms with Crippen molar-refractivity contribution in [3.8, 4) is 6.07 Å². The van der Waals surface area contributed by atoms with Crippen LogP contribution < -0.4 is 0 Å². The molecule has 0 heterocycles. The van der Waals surface area contributed by atoms with E-state index >= 15 is 0 Å².